The fourth-order valence-electron chi connectivity index (χ4n) is 0.925. The van der Waals surface area contributed by atoms with E-state index in [0.717, 1.165) is 21.7 Å². The van der Waals surface area contributed by atoms with Crippen molar-refractivity contribution in [3.05, 3.63) is 5.01 Å². The highest BCUT2D eigenvalue weighted by atomic mass is 32.2. The van der Waals surface area contributed by atoms with Gasteiger partial charge in [-0.15, -0.1) is 10.2 Å². The van der Waals surface area contributed by atoms with Gasteiger partial charge < -0.3 is 10.1 Å². The molecule has 80 valence electrons. The quantitative estimate of drug-likeness (QED) is 0.747. The van der Waals surface area contributed by atoms with Gasteiger partial charge in [0, 0.05) is 18.9 Å². The minimum absolute atomic E-state index is 0.370. The van der Waals surface area contributed by atoms with Crippen molar-refractivity contribution < 1.29 is 4.74 Å². The lowest BCUT2D eigenvalue weighted by Crippen LogP contribution is -2.32. The molecule has 0 aliphatic heterocycles. The number of nitrogens with one attached hydrogen (secondary N) is 1. The van der Waals surface area contributed by atoms with Crippen LogP contribution in [0.5, 0.6) is 0 Å². The first kappa shape index (κ1) is 11.9. The predicted octanol–water partition coefficient (Wildman–Crippen LogP) is 1.17. The summed E-state index contributed by atoms with van der Waals surface area (Å²) in [6.45, 7) is 2.69. The van der Waals surface area contributed by atoms with Gasteiger partial charge in [-0.05, 0) is 14.0 Å². The van der Waals surface area contributed by atoms with Crippen molar-refractivity contribution in [2.75, 3.05) is 26.5 Å². The maximum atomic E-state index is 5.08. The Bertz CT molecular complexity index is 267. The van der Waals surface area contributed by atoms with E-state index in [-0.39, 0.29) is 0 Å². The molecule has 0 radical (unpaired) electrons. The summed E-state index contributed by atoms with van der Waals surface area (Å²) in [5.74, 6) is 0.957. The van der Waals surface area contributed by atoms with Gasteiger partial charge in [-0.25, -0.2) is 0 Å². The van der Waals surface area contributed by atoms with Gasteiger partial charge in [0.05, 0.1) is 6.61 Å². The minimum Gasteiger partial charge on any atom is -0.383 e. The van der Waals surface area contributed by atoms with Crippen LogP contribution in [0.25, 0.3) is 0 Å². The van der Waals surface area contributed by atoms with Crippen LogP contribution < -0.4 is 5.32 Å². The first-order chi connectivity index (χ1) is 6.76. The van der Waals surface area contributed by atoms with Crippen LogP contribution >= 0.6 is 23.1 Å². The van der Waals surface area contributed by atoms with Crippen LogP contribution in [-0.2, 0) is 4.74 Å². The van der Waals surface area contributed by atoms with E-state index in [0.29, 0.717) is 6.04 Å². The number of likely N-dealkylation sites (N-methyl/N-ethyl adjacent to an activating group) is 1. The van der Waals surface area contributed by atoms with Crippen molar-refractivity contribution in [1.29, 1.82) is 0 Å². The van der Waals surface area contributed by atoms with Crippen LogP contribution in [0.15, 0.2) is 4.34 Å². The molecule has 0 amide bonds. The van der Waals surface area contributed by atoms with Crippen molar-refractivity contribution >= 4 is 23.1 Å². The van der Waals surface area contributed by atoms with Gasteiger partial charge in [-0.1, -0.05) is 23.1 Å². The summed E-state index contributed by atoms with van der Waals surface area (Å²) in [4.78, 5) is 0. The van der Waals surface area contributed by atoms with E-state index in [1.54, 1.807) is 30.2 Å². The van der Waals surface area contributed by atoms with Gasteiger partial charge in [0.25, 0.3) is 0 Å². The lowest BCUT2D eigenvalue weighted by molar-refractivity contribution is 0.177. The third kappa shape index (κ3) is 3.91. The van der Waals surface area contributed by atoms with Crippen molar-refractivity contribution in [2.45, 2.75) is 17.3 Å². The van der Waals surface area contributed by atoms with Crippen LogP contribution in [-0.4, -0.2) is 42.8 Å². The van der Waals surface area contributed by atoms with Gasteiger partial charge in [-0.2, -0.15) is 0 Å². The molecule has 14 heavy (non-hydrogen) atoms. The van der Waals surface area contributed by atoms with E-state index in [1.165, 1.54) is 0 Å². The number of aromatic nitrogens is 2. The smallest absolute Gasteiger partial charge is 0.174 e. The molecule has 1 unspecified atom stereocenters. The van der Waals surface area contributed by atoms with Crippen LogP contribution in [0, 0.1) is 6.92 Å². The molecule has 0 bridgehead atoms. The molecule has 4 nitrogen and oxygen atoms in total. The molecular weight excluding hydrogens is 218 g/mol. The van der Waals surface area contributed by atoms with Gasteiger partial charge >= 0.3 is 0 Å². The summed E-state index contributed by atoms with van der Waals surface area (Å²) in [5, 5.41) is 12.2. The number of hydrogen-bond donors (Lipinski definition) is 1. The summed E-state index contributed by atoms with van der Waals surface area (Å²) in [5.41, 5.74) is 0. The van der Waals surface area contributed by atoms with Crippen LogP contribution in [0.2, 0.25) is 0 Å². The topological polar surface area (TPSA) is 47.0 Å². The Morgan fingerprint density at radius 1 is 1.57 bits per heavy atom. The van der Waals surface area contributed by atoms with E-state index in [4.69, 9.17) is 4.74 Å². The van der Waals surface area contributed by atoms with Gasteiger partial charge in [0.1, 0.15) is 5.01 Å². The Morgan fingerprint density at radius 3 is 2.86 bits per heavy atom. The van der Waals surface area contributed by atoms with Crippen molar-refractivity contribution in [3.63, 3.8) is 0 Å². The molecular formula is C8H15N3OS2. The average Bonchev–Trinajstić information content (AvgIpc) is 2.59. The number of ether oxygens (including phenoxy) is 1. The first-order valence-corrected chi connectivity index (χ1v) is 6.15. The maximum Gasteiger partial charge on any atom is 0.174 e. The Hall–Kier alpha value is -0.170. The summed E-state index contributed by atoms with van der Waals surface area (Å²) >= 11 is 3.35. The second kappa shape index (κ2) is 6.34. The standard InChI is InChI=1S/C8H15N3OS2/c1-6-10-11-8(14-6)13-5-7(9-2)4-12-3/h7,9H,4-5H2,1-3H3. The highest BCUT2D eigenvalue weighted by Gasteiger charge is 2.08. The Balaban J connectivity index is 2.31. The van der Waals surface area contributed by atoms with Crippen LogP contribution in [0.3, 0.4) is 0 Å². The zero-order chi connectivity index (χ0) is 10.4. The van der Waals surface area contributed by atoms with E-state index in [2.05, 4.69) is 15.5 Å². The predicted molar refractivity (Wildman–Crippen MR) is 60.1 cm³/mol. The Morgan fingerprint density at radius 2 is 2.36 bits per heavy atom. The number of hydrogen-bond acceptors (Lipinski definition) is 6. The second-order valence-corrected chi connectivity index (χ2v) is 5.29. The lowest BCUT2D eigenvalue weighted by atomic mass is 10.4. The van der Waals surface area contributed by atoms with Crippen molar-refractivity contribution in [2.24, 2.45) is 0 Å². The van der Waals surface area contributed by atoms with Crippen LogP contribution in [0.4, 0.5) is 0 Å². The molecule has 0 aliphatic carbocycles. The molecule has 0 saturated carbocycles. The molecule has 0 spiro atoms. The molecule has 0 saturated heterocycles. The normalized spacial score (nSPS) is 13.1. The maximum absolute atomic E-state index is 5.08. The second-order valence-electron chi connectivity index (χ2n) is 2.84. The zero-order valence-electron chi connectivity index (χ0n) is 8.61. The average molecular weight is 233 g/mol. The van der Waals surface area contributed by atoms with E-state index in [1.807, 2.05) is 14.0 Å². The third-order valence-electron chi connectivity index (χ3n) is 1.69. The molecule has 1 rings (SSSR count). The van der Waals surface area contributed by atoms with E-state index >= 15 is 0 Å². The number of aryl methyl sites for hydroxylation is 1. The number of nitrogens with zero attached hydrogens (tertiary/aromatic N) is 2. The number of thioether (sulfide) groups is 1. The monoisotopic (exact) mass is 233 g/mol. The SMILES string of the molecule is CNC(COC)CSc1nnc(C)s1. The van der Waals surface area contributed by atoms with Gasteiger partial charge in [-0.3, -0.25) is 0 Å². The molecule has 6 heteroatoms. The fraction of sp³-hybridized carbons (Fsp3) is 0.750. The fourth-order valence-corrected chi connectivity index (χ4v) is 2.85. The molecule has 0 aromatic carbocycles. The van der Waals surface area contributed by atoms with Gasteiger partial charge in [0.2, 0.25) is 0 Å². The van der Waals surface area contributed by atoms with E-state index in [9.17, 15) is 0 Å². The highest BCUT2D eigenvalue weighted by molar-refractivity contribution is 8.01. The molecule has 1 heterocycles. The van der Waals surface area contributed by atoms with Crippen molar-refractivity contribution in [3.8, 4) is 0 Å². The largest absolute Gasteiger partial charge is 0.383 e. The van der Waals surface area contributed by atoms with Crippen molar-refractivity contribution in [1.82, 2.24) is 15.5 Å². The van der Waals surface area contributed by atoms with E-state index < -0.39 is 0 Å². The molecule has 0 aliphatic rings. The Labute approximate surface area is 92.5 Å². The molecule has 1 aromatic rings. The highest BCUT2D eigenvalue weighted by Crippen LogP contribution is 2.22. The molecule has 1 aromatic heterocycles. The third-order valence-corrected chi connectivity index (χ3v) is 3.83. The molecule has 1 atom stereocenters. The summed E-state index contributed by atoms with van der Waals surface area (Å²) < 4.78 is 6.11. The summed E-state index contributed by atoms with van der Waals surface area (Å²) in [6, 6.07) is 0.370. The van der Waals surface area contributed by atoms with Gasteiger partial charge in [0.15, 0.2) is 4.34 Å². The summed E-state index contributed by atoms with van der Waals surface area (Å²) in [6.07, 6.45) is 0. The lowest BCUT2D eigenvalue weighted by Gasteiger charge is -2.12. The minimum atomic E-state index is 0.370. The number of rotatable bonds is 6. The molecule has 1 N–H and O–H groups in total. The zero-order valence-corrected chi connectivity index (χ0v) is 10.2. The van der Waals surface area contributed by atoms with Crippen LogP contribution in [0.1, 0.15) is 5.01 Å². The first-order valence-electron chi connectivity index (χ1n) is 4.35. The molecule has 0 fully saturated rings. The number of methoxy groups -OCH3 is 1. The summed E-state index contributed by atoms with van der Waals surface area (Å²) in [7, 11) is 3.65. The Kier molecular flexibility index (Phi) is 5.39.